The first-order valence-electron chi connectivity index (χ1n) is 17.9. The highest BCUT2D eigenvalue weighted by Gasteiger charge is 2.41. The van der Waals surface area contributed by atoms with E-state index in [1.807, 2.05) is 0 Å². The van der Waals surface area contributed by atoms with Crippen molar-refractivity contribution in [3.8, 4) is 0 Å². The second kappa shape index (κ2) is 22.7. The molecule has 0 fully saturated rings. The molecule has 0 aliphatic heterocycles. The zero-order valence-electron chi connectivity index (χ0n) is 33.2. The Morgan fingerprint density at radius 3 is 0.431 bits per heavy atom. The van der Waals surface area contributed by atoms with Gasteiger partial charge in [-0.3, -0.25) is 20.8 Å². The van der Waals surface area contributed by atoms with Gasteiger partial charge in [0.1, 0.15) is 0 Å². The summed E-state index contributed by atoms with van der Waals surface area (Å²) in [5.74, 6) is -28.1. The van der Waals surface area contributed by atoms with Gasteiger partial charge in [0.15, 0.2) is 0 Å². The summed E-state index contributed by atoms with van der Waals surface area (Å²) in [5.41, 5.74) is -2.25. The van der Waals surface area contributed by atoms with Gasteiger partial charge >= 0.3 is 0 Å². The van der Waals surface area contributed by atoms with Gasteiger partial charge in [-0.25, -0.2) is 39.5 Å². The molecule has 0 unspecified atom stereocenters. The van der Waals surface area contributed by atoms with Crippen LogP contribution in [0.25, 0.3) is 0 Å². The summed E-state index contributed by atoms with van der Waals surface area (Å²) in [4.78, 5) is 0. The van der Waals surface area contributed by atoms with Crippen molar-refractivity contribution in [2.75, 3.05) is 58.9 Å². The Kier molecular flexibility index (Phi) is 21.3. The Morgan fingerprint density at radius 1 is 0.259 bits per heavy atom. The van der Waals surface area contributed by atoms with Gasteiger partial charge in [0.05, 0.1) is 58.9 Å². The van der Waals surface area contributed by atoms with Crippen molar-refractivity contribution < 1.29 is 80.9 Å². The lowest BCUT2D eigenvalue weighted by Gasteiger charge is -2.35. The maximum Gasteiger partial charge on any atom is 0.225 e. The van der Waals surface area contributed by atoms with Crippen molar-refractivity contribution in [2.24, 2.45) is 0 Å². The van der Waals surface area contributed by atoms with Crippen LogP contribution in [0.15, 0.2) is 0 Å². The fraction of sp³-hybridized carbons (Fsp3) is 0.500. The van der Waals surface area contributed by atoms with Crippen LogP contribution in [0, 0.1) is 87.3 Å². The summed E-state index contributed by atoms with van der Waals surface area (Å²) < 4.78 is 199. The molecule has 0 bridgehead atoms. The largest absolute Gasteiger partial charge is 0.907 e. The van der Waals surface area contributed by atoms with E-state index in [4.69, 9.17) is 15.1 Å². The molecule has 0 radical (unpaired) electrons. The van der Waals surface area contributed by atoms with Gasteiger partial charge < -0.3 is 15.1 Å². The number of quaternary nitrogens is 3. The lowest BCUT2D eigenvalue weighted by Crippen LogP contribution is -2.56. The van der Waals surface area contributed by atoms with E-state index in [1.165, 1.54) is 0 Å². The summed E-state index contributed by atoms with van der Waals surface area (Å²) in [6.45, 7) is 17.0. The molecule has 330 valence electrons. The lowest BCUT2D eigenvalue weighted by molar-refractivity contribution is -0.479. The Bertz CT molecular complexity index is 1520. The maximum absolute atomic E-state index is 13.7. The third-order valence-corrected chi connectivity index (χ3v) is 10.4. The minimum atomic E-state index is -2.92. The topological polar surface area (TPSA) is 69.2 Å². The first-order valence-corrected chi connectivity index (χ1v) is 17.9. The molecule has 0 saturated carbocycles. The van der Waals surface area contributed by atoms with Gasteiger partial charge in [0, 0.05) is 0 Å². The molecule has 3 aromatic carbocycles. The van der Waals surface area contributed by atoms with Crippen molar-refractivity contribution in [2.45, 2.75) is 62.3 Å². The fourth-order valence-electron chi connectivity index (χ4n) is 6.46. The predicted molar refractivity (Wildman–Crippen MR) is 185 cm³/mol. The molecule has 3 aromatic rings. The molecule has 58 heavy (non-hydrogen) atoms. The summed E-state index contributed by atoms with van der Waals surface area (Å²) in [6, 6.07) is 0. The molecule has 0 atom stereocenters. The Hall–Kier alpha value is -3.57. The molecule has 0 aliphatic rings. The highest BCUT2D eigenvalue weighted by molar-refractivity contribution is 6.24. The van der Waals surface area contributed by atoms with E-state index in [2.05, 4.69) is 0 Å². The smallest absolute Gasteiger partial charge is 0.225 e. The van der Waals surface area contributed by atoms with Gasteiger partial charge in [-0.2, -0.15) is 26.3 Å². The first kappa shape index (κ1) is 54.4. The van der Waals surface area contributed by atoms with Crippen molar-refractivity contribution in [1.82, 2.24) is 13.4 Å². The normalized spacial score (nSPS) is 11.6. The molecule has 0 amide bonds. The maximum atomic E-state index is 13.7. The number of hydrogen-bond donors (Lipinski definition) is 0. The van der Waals surface area contributed by atoms with Gasteiger partial charge in [-0.15, -0.1) is 0 Å². The molecule has 22 heteroatoms. The minimum absolute atomic E-state index is 0.241. The SMILES string of the molecule is CC[N+](CC)(CC)c1c(F)c(F)c(F)c(F)c1F.CC[N+](CC)(CC)c1c(F)c(F)c(F)c(F)c1F.CC[N+](CC)(CC)c1c(F)c(F)c(F)c(F)c1F.[O-]B([O-])[O-]. The number of nitrogens with zero attached hydrogens (tertiary/aromatic N) is 3. The van der Waals surface area contributed by atoms with Crippen LogP contribution in [0.1, 0.15) is 62.3 Å². The Balaban J connectivity index is 0.000000801. The monoisotopic (exact) mass is 863 g/mol. The van der Waals surface area contributed by atoms with Crippen molar-refractivity contribution in [1.29, 1.82) is 0 Å². The van der Waals surface area contributed by atoms with Gasteiger partial charge in [-0.1, -0.05) is 0 Å². The molecular formula is C36H45BF15N3O3. The number of hydrogen-bond acceptors (Lipinski definition) is 3. The van der Waals surface area contributed by atoms with Gasteiger partial charge in [-0.05, 0) is 62.3 Å². The molecule has 0 spiro atoms. The second-order valence-electron chi connectivity index (χ2n) is 12.3. The standard InChI is InChI=1S/3C12H15F5N.BO3/c3*1-4-18(5-2,6-3)12-10(16)8(14)7(13)9(15)11(12)17;2-1(3)4/h3*4-6H2,1-3H3;/q3*+1;-3. The number of halogens is 15. The Labute approximate surface area is 327 Å². The molecule has 0 heterocycles. The van der Waals surface area contributed by atoms with Crippen molar-refractivity contribution in [3.63, 3.8) is 0 Å². The van der Waals surface area contributed by atoms with Crippen LogP contribution < -0.4 is 28.5 Å². The highest BCUT2D eigenvalue weighted by atomic mass is 19.2. The van der Waals surface area contributed by atoms with Crippen LogP contribution in [-0.4, -0.2) is 66.2 Å². The molecule has 3 rings (SSSR count). The van der Waals surface area contributed by atoms with E-state index in [1.54, 1.807) is 62.3 Å². The predicted octanol–water partition coefficient (Wildman–Crippen LogP) is 7.30. The van der Waals surface area contributed by atoms with E-state index in [9.17, 15) is 65.9 Å². The molecule has 0 N–H and O–H groups in total. The van der Waals surface area contributed by atoms with E-state index in [0.717, 1.165) is 0 Å². The molecule has 0 aliphatic carbocycles. The highest BCUT2D eigenvalue weighted by Crippen LogP contribution is 2.37. The average molecular weight is 864 g/mol. The second-order valence-corrected chi connectivity index (χ2v) is 12.3. The van der Waals surface area contributed by atoms with Crippen LogP contribution in [0.4, 0.5) is 82.9 Å². The molecule has 0 aromatic heterocycles. The van der Waals surface area contributed by atoms with E-state index in [-0.39, 0.29) is 72.4 Å². The van der Waals surface area contributed by atoms with Crippen LogP contribution >= 0.6 is 0 Å². The van der Waals surface area contributed by atoms with Crippen molar-refractivity contribution in [3.05, 3.63) is 87.3 Å². The van der Waals surface area contributed by atoms with Crippen molar-refractivity contribution >= 4 is 24.4 Å². The third kappa shape index (κ3) is 10.8. The quantitative estimate of drug-likeness (QED) is 0.0632. The summed E-state index contributed by atoms with van der Waals surface area (Å²) in [6.07, 6.45) is 0. The fourth-order valence-corrected chi connectivity index (χ4v) is 6.46. The average Bonchev–Trinajstić information content (AvgIpc) is 3.21. The number of benzene rings is 3. The molecular weight excluding hydrogens is 818 g/mol. The van der Waals surface area contributed by atoms with E-state index >= 15 is 0 Å². The summed E-state index contributed by atoms with van der Waals surface area (Å²) in [7, 11) is -2.92. The van der Waals surface area contributed by atoms with Gasteiger partial charge in [0.2, 0.25) is 104 Å². The summed E-state index contributed by atoms with van der Waals surface area (Å²) >= 11 is 0. The van der Waals surface area contributed by atoms with Crippen LogP contribution in [0.5, 0.6) is 0 Å². The lowest BCUT2D eigenvalue weighted by atomic mass is 10.1. The van der Waals surface area contributed by atoms with Crippen LogP contribution in [-0.2, 0) is 0 Å². The minimum Gasteiger partial charge on any atom is -0.907 e. The van der Waals surface area contributed by atoms with Crippen LogP contribution in [0.3, 0.4) is 0 Å². The molecule has 6 nitrogen and oxygen atoms in total. The number of rotatable bonds is 12. The van der Waals surface area contributed by atoms with E-state index < -0.39 is 112 Å². The van der Waals surface area contributed by atoms with E-state index in [0.29, 0.717) is 0 Å². The Morgan fingerprint density at radius 2 is 0.345 bits per heavy atom. The van der Waals surface area contributed by atoms with Gasteiger partial charge in [0.25, 0.3) is 0 Å². The first-order chi connectivity index (χ1) is 26.8. The zero-order valence-corrected chi connectivity index (χ0v) is 33.2. The van der Waals surface area contributed by atoms with Crippen LogP contribution in [0.2, 0.25) is 0 Å². The third-order valence-electron chi connectivity index (χ3n) is 10.4. The summed E-state index contributed by atoms with van der Waals surface area (Å²) in [5, 5.41) is 25.2. The zero-order chi connectivity index (χ0) is 45.8. The molecule has 0 saturated heterocycles.